The number of benzene rings is 1. The third-order valence-corrected chi connectivity index (χ3v) is 8.18. The van der Waals surface area contributed by atoms with Gasteiger partial charge in [0.1, 0.15) is 5.82 Å². The van der Waals surface area contributed by atoms with Crippen LogP contribution in [0.25, 0.3) is 5.69 Å². The topological polar surface area (TPSA) is 106 Å². The highest BCUT2D eigenvalue weighted by Crippen LogP contribution is 2.44. The second-order valence-corrected chi connectivity index (χ2v) is 11.5. The fraction of sp³-hybridized carbons (Fsp3) is 0.577. The number of hydrogen-bond donors (Lipinski definition) is 2. The molecule has 3 aromatic rings. The van der Waals surface area contributed by atoms with Crippen molar-refractivity contribution in [1.82, 2.24) is 34.7 Å². The van der Waals surface area contributed by atoms with Gasteiger partial charge in [-0.05, 0) is 98.9 Å². The minimum Gasteiger partial charge on any atom is -0.367 e. The first-order valence-electron chi connectivity index (χ1n) is 13.3. The SMILES string of the molecule is Cn1nnn(-c2cc(Nc3ncc(F)c(NCC4C[C@H]5CCCN5C(C)(C)C4)n3)c(F)cc2C2CC2)c1=O. The lowest BCUT2D eigenvalue weighted by molar-refractivity contribution is 0.0288. The van der Waals surface area contributed by atoms with Crippen molar-refractivity contribution in [3.63, 3.8) is 0 Å². The molecule has 1 saturated carbocycles. The highest BCUT2D eigenvalue weighted by atomic mass is 19.1. The third kappa shape index (κ3) is 4.65. The van der Waals surface area contributed by atoms with Crippen LogP contribution >= 0.6 is 0 Å². The van der Waals surface area contributed by atoms with E-state index in [1.165, 1.54) is 32.0 Å². The average molecular weight is 526 g/mol. The van der Waals surface area contributed by atoms with Crippen LogP contribution in [-0.4, -0.2) is 59.3 Å². The standard InChI is InChI=1S/C26H33F2N9O/c1-26(2)12-15(9-17-5-4-8-36(17)26)13-29-23-20(28)14-30-24(32-23)31-21-11-22(37-25(38)35(3)33-34-37)18(10-19(21)27)16-6-7-16/h10-11,14-17H,4-9,12-13H2,1-3H3,(H2,29,30,31,32)/t15?,17-/m1/s1. The fourth-order valence-corrected chi connectivity index (χ4v) is 6.28. The van der Waals surface area contributed by atoms with Gasteiger partial charge in [0.25, 0.3) is 0 Å². The number of piperidine rings is 1. The van der Waals surface area contributed by atoms with Crippen molar-refractivity contribution >= 4 is 17.5 Å². The molecule has 1 aliphatic carbocycles. The number of tetrazole rings is 1. The first-order chi connectivity index (χ1) is 18.2. The van der Waals surface area contributed by atoms with E-state index in [1.54, 1.807) is 0 Å². The number of nitrogens with one attached hydrogen (secondary N) is 2. The minimum atomic E-state index is -0.565. The van der Waals surface area contributed by atoms with Crippen molar-refractivity contribution in [2.24, 2.45) is 13.0 Å². The van der Waals surface area contributed by atoms with Gasteiger partial charge in [0.15, 0.2) is 11.6 Å². The molecule has 0 bridgehead atoms. The third-order valence-electron chi connectivity index (χ3n) is 8.18. The van der Waals surface area contributed by atoms with Gasteiger partial charge < -0.3 is 10.6 Å². The number of rotatable bonds is 7. The molecule has 3 fully saturated rings. The van der Waals surface area contributed by atoms with E-state index in [0.717, 1.165) is 47.8 Å². The zero-order chi connectivity index (χ0) is 26.6. The van der Waals surface area contributed by atoms with Crippen LogP contribution in [0.4, 0.5) is 26.2 Å². The predicted molar refractivity (Wildman–Crippen MR) is 139 cm³/mol. The van der Waals surface area contributed by atoms with Crippen LogP contribution in [0.2, 0.25) is 0 Å². The van der Waals surface area contributed by atoms with E-state index in [4.69, 9.17) is 0 Å². The summed E-state index contributed by atoms with van der Waals surface area (Å²) in [5, 5.41) is 13.8. The van der Waals surface area contributed by atoms with Crippen LogP contribution in [0.5, 0.6) is 0 Å². The van der Waals surface area contributed by atoms with Crippen molar-refractivity contribution in [3.8, 4) is 5.69 Å². The van der Waals surface area contributed by atoms with Crippen molar-refractivity contribution < 1.29 is 8.78 Å². The van der Waals surface area contributed by atoms with Gasteiger partial charge in [-0.2, -0.15) is 14.3 Å². The molecular weight excluding hydrogens is 492 g/mol. The number of nitrogens with zero attached hydrogens (tertiary/aromatic N) is 7. The predicted octanol–water partition coefficient (Wildman–Crippen LogP) is 3.72. The maximum atomic E-state index is 15.1. The second kappa shape index (κ2) is 9.40. The summed E-state index contributed by atoms with van der Waals surface area (Å²) < 4.78 is 32.0. The summed E-state index contributed by atoms with van der Waals surface area (Å²) in [7, 11) is 1.50. The maximum Gasteiger partial charge on any atom is 0.368 e. The Morgan fingerprint density at radius 2 is 1.95 bits per heavy atom. The van der Waals surface area contributed by atoms with Gasteiger partial charge in [0.05, 0.1) is 17.6 Å². The van der Waals surface area contributed by atoms with Crippen LogP contribution in [0.1, 0.15) is 63.9 Å². The summed E-state index contributed by atoms with van der Waals surface area (Å²) in [6, 6.07) is 3.50. The average Bonchev–Trinajstić information content (AvgIpc) is 3.51. The molecule has 1 aromatic carbocycles. The van der Waals surface area contributed by atoms with E-state index < -0.39 is 17.3 Å². The van der Waals surface area contributed by atoms with Gasteiger partial charge >= 0.3 is 5.69 Å². The molecule has 2 aromatic heterocycles. The summed E-state index contributed by atoms with van der Waals surface area (Å²) in [5.74, 6) is -0.383. The Balaban J connectivity index is 1.22. The lowest BCUT2D eigenvalue weighted by atomic mass is 9.79. The quantitative estimate of drug-likeness (QED) is 0.481. The molecule has 10 nitrogen and oxygen atoms in total. The molecule has 6 rings (SSSR count). The smallest absolute Gasteiger partial charge is 0.367 e. The van der Waals surface area contributed by atoms with E-state index in [-0.39, 0.29) is 28.9 Å². The van der Waals surface area contributed by atoms with Crippen molar-refractivity contribution in [2.45, 2.75) is 69.9 Å². The van der Waals surface area contributed by atoms with Gasteiger partial charge in [-0.25, -0.2) is 18.6 Å². The van der Waals surface area contributed by atoms with Crippen molar-refractivity contribution in [1.29, 1.82) is 0 Å². The molecule has 2 saturated heterocycles. The second-order valence-electron chi connectivity index (χ2n) is 11.5. The van der Waals surface area contributed by atoms with Crippen LogP contribution < -0.4 is 16.3 Å². The van der Waals surface area contributed by atoms with Crippen molar-refractivity contribution in [2.75, 3.05) is 23.7 Å². The molecular formula is C26H33F2N9O. The molecule has 0 amide bonds. The fourth-order valence-electron chi connectivity index (χ4n) is 6.28. The number of halogens is 2. The largest absolute Gasteiger partial charge is 0.368 e. The lowest BCUT2D eigenvalue weighted by Crippen LogP contribution is -2.53. The summed E-state index contributed by atoms with van der Waals surface area (Å²) in [6.45, 7) is 6.33. The molecule has 1 unspecified atom stereocenters. The molecule has 2 N–H and O–H groups in total. The summed E-state index contributed by atoms with van der Waals surface area (Å²) in [6.07, 6.45) is 7.46. The monoisotopic (exact) mass is 525 g/mol. The Morgan fingerprint density at radius 1 is 1.13 bits per heavy atom. The normalized spacial score (nSPS) is 22.9. The highest BCUT2D eigenvalue weighted by Gasteiger charge is 2.42. The maximum absolute atomic E-state index is 15.1. The number of aromatic nitrogens is 6. The Bertz CT molecular complexity index is 1410. The first kappa shape index (κ1) is 24.9. The molecule has 0 radical (unpaired) electrons. The van der Waals surface area contributed by atoms with Crippen LogP contribution in [0.3, 0.4) is 0 Å². The molecule has 12 heteroatoms. The van der Waals surface area contributed by atoms with Crippen LogP contribution in [0.15, 0.2) is 23.1 Å². The van der Waals surface area contributed by atoms with Crippen LogP contribution in [0, 0.1) is 17.6 Å². The van der Waals surface area contributed by atoms with Gasteiger partial charge in [0, 0.05) is 25.2 Å². The molecule has 38 heavy (non-hydrogen) atoms. The molecule has 202 valence electrons. The Kier molecular flexibility index (Phi) is 6.16. The molecule has 2 atom stereocenters. The molecule has 2 aliphatic heterocycles. The molecule has 4 heterocycles. The summed E-state index contributed by atoms with van der Waals surface area (Å²) in [4.78, 5) is 23.5. The Labute approximate surface area is 219 Å². The molecule has 0 spiro atoms. The summed E-state index contributed by atoms with van der Waals surface area (Å²) >= 11 is 0. The minimum absolute atomic E-state index is 0.0513. The number of hydrogen-bond acceptors (Lipinski definition) is 8. The van der Waals surface area contributed by atoms with Crippen LogP contribution in [-0.2, 0) is 7.05 Å². The van der Waals surface area contributed by atoms with E-state index >= 15 is 4.39 Å². The zero-order valence-electron chi connectivity index (χ0n) is 21.9. The van der Waals surface area contributed by atoms with E-state index in [0.29, 0.717) is 29.8 Å². The number of aryl methyl sites for hydroxylation is 1. The first-order valence-corrected chi connectivity index (χ1v) is 13.3. The van der Waals surface area contributed by atoms with Crippen molar-refractivity contribution in [3.05, 3.63) is 46.0 Å². The van der Waals surface area contributed by atoms with E-state index in [9.17, 15) is 9.18 Å². The lowest BCUT2D eigenvalue weighted by Gasteiger charge is -2.47. The zero-order valence-corrected chi connectivity index (χ0v) is 21.9. The van der Waals surface area contributed by atoms with Gasteiger partial charge in [-0.3, -0.25) is 4.90 Å². The highest BCUT2D eigenvalue weighted by molar-refractivity contribution is 5.62. The molecule has 3 aliphatic rings. The number of anilines is 3. The number of fused-ring (bicyclic) bond motifs is 1. The van der Waals surface area contributed by atoms with Gasteiger partial charge in [-0.15, -0.1) is 0 Å². The Morgan fingerprint density at radius 3 is 2.68 bits per heavy atom. The Hall–Kier alpha value is -3.41. The van der Waals surface area contributed by atoms with Gasteiger partial charge in [0.2, 0.25) is 5.95 Å². The van der Waals surface area contributed by atoms with E-state index in [2.05, 4.69) is 49.8 Å². The van der Waals surface area contributed by atoms with Gasteiger partial charge in [-0.1, -0.05) is 0 Å². The summed E-state index contributed by atoms with van der Waals surface area (Å²) in [5.41, 5.74) is 0.913. The van der Waals surface area contributed by atoms with E-state index in [1.807, 2.05) is 0 Å².